The van der Waals surface area contributed by atoms with E-state index in [-0.39, 0.29) is 17.4 Å². The number of benzene rings is 2. The topological polar surface area (TPSA) is 35.2 Å². The summed E-state index contributed by atoms with van der Waals surface area (Å²) in [6.45, 7) is 0.129. The molecule has 0 aliphatic carbocycles. The lowest BCUT2D eigenvalue weighted by Crippen LogP contribution is -2.10. The van der Waals surface area contributed by atoms with Crippen LogP contribution in [0.2, 0.25) is 0 Å². The van der Waals surface area contributed by atoms with Gasteiger partial charge in [-0.25, -0.2) is 4.39 Å². The average molecular weight is 419 g/mol. The van der Waals surface area contributed by atoms with Gasteiger partial charge in [-0.2, -0.15) is 0 Å². The first-order valence-corrected chi connectivity index (χ1v) is 7.63. The normalized spacial score (nSPS) is 10.3. The van der Waals surface area contributed by atoms with Gasteiger partial charge < -0.3 is 10.5 Å². The van der Waals surface area contributed by atoms with Gasteiger partial charge in [-0.05, 0) is 40.2 Å². The maximum Gasteiger partial charge on any atom is 0.134 e. The summed E-state index contributed by atoms with van der Waals surface area (Å²) in [5.41, 5.74) is 6.40. The van der Waals surface area contributed by atoms with Crippen molar-refractivity contribution in [1.29, 1.82) is 0 Å². The van der Waals surface area contributed by atoms with Gasteiger partial charge in [0, 0.05) is 15.6 Å². The first-order valence-electron chi connectivity index (χ1n) is 5.63. The van der Waals surface area contributed by atoms with Crippen molar-refractivity contribution in [2.75, 3.05) is 0 Å². The van der Waals surface area contributed by atoms with E-state index in [0.29, 0.717) is 16.9 Å². The van der Waals surface area contributed by atoms with Crippen LogP contribution in [0.25, 0.3) is 0 Å². The average Bonchev–Trinajstić information content (AvgIpc) is 2.38. The predicted octanol–water partition coefficient (Wildman–Crippen LogP) is 4.56. The summed E-state index contributed by atoms with van der Waals surface area (Å²) in [6, 6.07) is 10.1. The molecule has 104 valence electrons. The van der Waals surface area contributed by atoms with Gasteiger partial charge in [0.2, 0.25) is 0 Å². The van der Waals surface area contributed by atoms with Crippen LogP contribution in [-0.2, 0) is 6.61 Å². The Hall–Kier alpha value is -0.980. The number of ether oxygens (including phenoxy) is 1. The van der Waals surface area contributed by atoms with Crippen molar-refractivity contribution in [3.63, 3.8) is 0 Å². The third-order valence-electron chi connectivity index (χ3n) is 2.61. The molecular weight excluding hydrogens is 409 g/mol. The Kier molecular flexibility index (Phi) is 5.12. The third-order valence-corrected chi connectivity index (χ3v) is 3.96. The molecule has 0 aromatic heterocycles. The van der Waals surface area contributed by atoms with Gasteiger partial charge in [0.05, 0.1) is 4.47 Å². The molecule has 0 heterocycles. The fraction of sp³-hybridized carbons (Fsp3) is 0.0714. The Labute approximate surface area is 138 Å². The summed E-state index contributed by atoms with van der Waals surface area (Å²) >= 11 is 11.5. The molecule has 0 saturated heterocycles. The molecule has 0 radical (unpaired) electrons. The van der Waals surface area contributed by atoms with Gasteiger partial charge in [-0.1, -0.05) is 40.3 Å². The van der Waals surface area contributed by atoms with Gasteiger partial charge in [0.15, 0.2) is 0 Å². The van der Waals surface area contributed by atoms with Crippen LogP contribution < -0.4 is 10.5 Å². The molecule has 2 N–H and O–H groups in total. The Morgan fingerprint density at radius 2 is 1.95 bits per heavy atom. The van der Waals surface area contributed by atoms with Crippen molar-refractivity contribution in [3.8, 4) is 5.75 Å². The summed E-state index contributed by atoms with van der Waals surface area (Å²) in [5.74, 6) is 0.259. The summed E-state index contributed by atoms with van der Waals surface area (Å²) in [6.07, 6.45) is 0. The van der Waals surface area contributed by atoms with E-state index in [2.05, 4.69) is 31.9 Å². The molecule has 0 amide bonds. The number of halogens is 3. The maximum atomic E-state index is 13.9. The minimum Gasteiger partial charge on any atom is -0.488 e. The first-order chi connectivity index (χ1) is 9.47. The van der Waals surface area contributed by atoms with Gasteiger partial charge in [-0.3, -0.25) is 0 Å². The smallest absolute Gasteiger partial charge is 0.134 e. The highest BCUT2D eigenvalue weighted by atomic mass is 79.9. The lowest BCUT2D eigenvalue weighted by Gasteiger charge is -2.10. The van der Waals surface area contributed by atoms with Crippen molar-refractivity contribution < 1.29 is 9.13 Å². The molecule has 0 atom stereocenters. The minimum atomic E-state index is -0.386. The van der Waals surface area contributed by atoms with E-state index >= 15 is 0 Å². The molecule has 0 spiro atoms. The van der Waals surface area contributed by atoms with E-state index in [1.54, 1.807) is 18.2 Å². The first kappa shape index (κ1) is 15.4. The third kappa shape index (κ3) is 3.77. The molecule has 0 unspecified atom stereocenters. The summed E-state index contributed by atoms with van der Waals surface area (Å²) in [7, 11) is 0. The Balaban J connectivity index is 2.13. The zero-order valence-electron chi connectivity index (χ0n) is 10.2. The highest BCUT2D eigenvalue weighted by molar-refractivity contribution is 9.11. The largest absolute Gasteiger partial charge is 0.488 e. The Bertz CT molecular complexity index is 664. The second-order valence-corrected chi connectivity index (χ2v) is 6.24. The lowest BCUT2D eigenvalue weighted by molar-refractivity contribution is 0.298. The highest BCUT2D eigenvalue weighted by Crippen LogP contribution is 2.29. The van der Waals surface area contributed by atoms with Crippen LogP contribution in [0.5, 0.6) is 5.75 Å². The Morgan fingerprint density at radius 1 is 1.20 bits per heavy atom. The van der Waals surface area contributed by atoms with Crippen LogP contribution >= 0.6 is 44.1 Å². The molecule has 0 fully saturated rings. The SMILES string of the molecule is NC(=S)c1ccc(COc2ccc(Br)cc2Br)c(F)c1. The second kappa shape index (κ2) is 6.65. The number of nitrogens with two attached hydrogens (primary N) is 1. The lowest BCUT2D eigenvalue weighted by atomic mass is 10.1. The number of rotatable bonds is 4. The fourth-order valence-electron chi connectivity index (χ4n) is 1.57. The minimum absolute atomic E-state index is 0.129. The quantitative estimate of drug-likeness (QED) is 0.739. The van der Waals surface area contributed by atoms with Crippen LogP contribution in [0.3, 0.4) is 0 Å². The van der Waals surface area contributed by atoms with E-state index in [9.17, 15) is 4.39 Å². The van der Waals surface area contributed by atoms with E-state index in [4.69, 9.17) is 22.7 Å². The zero-order valence-corrected chi connectivity index (χ0v) is 14.2. The van der Waals surface area contributed by atoms with Gasteiger partial charge in [0.25, 0.3) is 0 Å². The van der Waals surface area contributed by atoms with Crippen LogP contribution in [0.15, 0.2) is 45.3 Å². The molecule has 0 bridgehead atoms. The second-order valence-electron chi connectivity index (χ2n) is 4.03. The molecule has 2 aromatic rings. The van der Waals surface area contributed by atoms with E-state index < -0.39 is 0 Å². The molecule has 2 rings (SSSR count). The van der Waals surface area contributed by atoms with Gasteiger partial charge in [-0.15, -0.1) is 0 Å². The van der Waals surface area contributed by atoms with E-state index in [1.807, 2.05) is 12.1 Å². The van der Waals surface area contributed by atoms with Gasteiger partial charge >= 0.3 is 0 Å². The summed E-state index contributed by atoms with van der Waals surface area (Å²) in [4.78, 5) is 0.173. The standard InChI is InChI=1S/C14H10Br2FNOS/c15-10-3-4-13(11(16)6-10)19-7-9-2-1-8(14(18)20)5-12(9)17/h1-6H,7H2,(H2,18,20). The summed E-state index contributed by atoms with van der Waals surface area (Å²) < 4.78 is 21.2. The number of thiocarbonyl (C=S) groups is 1. The fourth-order valence-corrected chi connectivity index (χ4v) is 2.85. The monoisotopic (exact) mass is 417 g/mol. The maximum absolute atomic E-state index is 13.9. The van der Waals surface area contributed by atoms with Crippen molar-refractivity contribution >= 4 is 49.1 Å². The number of hydrogen-bond acceptors (Lipinski definition) is 2. The molecule has 20 heavy (non-hydrogen) atoms. The zero-order chi connectivity index (χ0) is 14.7. The molecule has 0 saturated carbocycles. The molecule has 0 aliphatic rings. The molecule has 6 heteroatoms. The van der Waals surface area contributed by atoms with Crippen LogP contribution in [0.1, 0.15) is 11.1 Å². The van der Waals surface area contributed by atoms with Crippen molar-refractivity contribution in [2.45, 2.75) is 6.61 Å². The van der Waals surface area contributed by atoms with E-state index in [0.717, 1.165) is 8.95 Å². The van der Waals surface area contributed by atoms with Crippen molar-refractivity contribution in [1.82, 2.24) is 0 Å². The van der Waals surface area contributed by atoms with Crippen molar-refractivity contribution in [2.24, 2.45) is 5.73 Å². The number of hydrogen-bond donors (Lipinski definition) is 1. The molecule has 0 aliphatic heterocycles. The highest BCUT2D eigenvalue weighted by Gasteiger charge is 2.07. The van der Waals surface area contributed by atoms with Crippen LogP contribution in [0.4, 0.5) is 4.39 Å². The summed E-state index contributed by atoms with van der Waals surface area (Å²) in [5, 5.41) is 0. The van der Waals surface area contributed by atoms with Crippen LogP contribution in [0, 0.1) is 5.82 Å². The van der Waals surface area contributed by atoms with Crippen LogP contribution in [-0.4, -0.2) is 4.99 Å². The molecular formula is C14H10Br2FNOS. The Morgan fingerprint density at radius 3 is 2.55 bits per heavy atom. The molecule has 2 aromatic carbocycles. The van der Waals surface area contributed by atoms with Gasteiger partial charge in [0.1, 0.15) is 23.2 Å². The van der Waals surface area contributed by atoms with E-state index in [1.165, 1.54) is 6.07 Å². The molecule has 2 nitrogen and oxygen atoms in total. The van der Waals surface area contributed by atoms with Crippen molar-refractivity contribution in [3.05, 3.63) is 62.3 Å². The predicted molar refractivity (Wildman–Crippen MR) is 88.5 cm³/mol.